The lowest BCUT2D eigenvalue weighted by atomic mass is 10.1. The van der Waals surface area contributed by atoms with Crippen LogP contribution in [-0.2, 0) is 12.8 Å². The third kappa shape index (κ3) is 3.14. The normalized spacial score (nSPS) is 11.0. The smallest absolute Gasteiger partial charge is 0.123 e. The molecule has 3 heterocycles. The zero-order chi connectivity index (χ0) is 16.4. The van der Waals surface area contributed by atoms with E-state index in [0.29, 0.717) is 0 Å². The number of halogens is 1. The number of rotatable bonds is 5. The Balaban J connectivity index is 1.42. The van der Waals surface area contributed by atoms with Crippen molar-refractivity contribution >= 4 is 11.3 Å². The molecule has 0 fully saturated rings. The highest BCUT2D eigenvalue weighted by Gasteiger charge is 2.07. The first kappa shape index (κ1) is 14.8. The number of nitrogens with zero attached hydrogens (tertiary/aromatic N) is 2. The van der Waals surface area contributed by atoms with E-state index in [2.05, 4.69) is 32.5 Å². The van der Waals surface area contributed by atoms with Crippen LogP contribution < -0.4 is 0 Å². The minimum Gasteiger partial charge on any atom is -0.282 e. The molecule has 2 N–H and O–H groups in total. The van der Waals surface area contributed by atoms with Crippen LogP contribution in [0.15, 0.2) is 53.9 Å². The lowest BCUT2D eigenvalue weighted by Gasteiger charge is -1.95. The molecule has 0 unspecified atom stereocenters. The third-order valence-corrected chi connectivity index (χ3v) is 4.73. The molecule has 0 amide bonds. The van der Waals surface area contributed by atoms with E-state index in [1.807, 2.05) is 17.5 Å². The summed E-state index contributed by atoms with van der Waals surface area (Å²) in [5.74, 6) is -0.240. The maximum atomic E-state index is 13.0. The largest absolute Gasteiger partial charge is 0.282 e. The van der Waals surface area contributed by atoms with Gasteiger partial charge < -0.3 is 0 Å². The minimum absolute atomic E-state index is 0.240. The van der Waals surface area contributed by atoms with Crippen LogP contribution in [0.5, 0.6) is 0 Å². The first-order valence-corrected chi connectivity index (χ1v) is 8.54. The molecule has 120 valence electrons. The van der Waals surface area contributed by atoms with E-state index in [0.717, 1.165) is 46.1 Å². The lowest BCUT2D eigenvalue weighted by Crippen LogP contribution is -1.91. The van der Waals surface area contributed by atoms with Crippen molar-refractivity contribution in [3.8, 4) is 21.8 Å². The van der Waals surface area contributed by atoms with Crippen LogP contribution >= 0.6 is 11.3 Å². The van der Waals surface area contributed by atoms with Crippen molar-refractivity contribution in [1.29, 1.82) is 0 Å². The predicted molar refractivity (Wildman–Crippen MR) is 93.3 cm³/mol. The molecule has 3 aromatic heterocycles. The molecular weight excluding hydrogens is 323 g/mol. The summed E-state index contributed by atoms with van der Waals surface area (Å²) in [5.41, 5.74) is 4.85. The number of thiophene rings is 1. The highest BCUT2D eigenvalue weighted by molar-refractivity contribution is 7.13. The maximum Gasteiger partial charge on any atom is 0.123 e. The highest BCUT2D eigenvalue weighted by Crippen LogP contribution is 2.23. The Morgan fingerprint density at radius 3 is 2.21 bits per heavy atom. The molecule has 0 bridgehead atoms. The summed E-state index contributed by atoms with van der Waals surface area (Å²) in [6.45, 7) is 0. The number of hydrogen-bond acceptors (Lipinski definition) is 3. The second kappa shape index (κ2) is 6.41. The first-order valence-electron chi connectivity index (χ1n) is 7.66. The van der Waals surface area contributed by atoms with Gasteiger partial charge in [0.1, 0.15) is 11.5 Å². The number of benzene rings is 1. The van der Waals surface area contributed by atoms with E-state index < -0.39 is 0 Å². The zero-order valence-corrected chi connectivity index (χ0v) is 13.6. The molecule has 6 heteroatoms. The topological polar surface area (TPSA) is 57.4 Å². The predicted octanol–water partition coefficient (Wildman–Crippen LogP) is 4.45. The Kier molecular flexibility index (Phi) is 3.96. The number of H-pyrrole nitrogens is 2. The molecule has 24 heavy (non-hydrogen) atoms. The first-order chi connectivity index (χ1) is 11.8. The standard InChI is InChI=1S/C18H15FN4S/c19-13-5-3-12(4-6-13)16-10-14(20-22-16)7-8-15-11-17(23-21-15)18-2-1-9-24-18/h1-6,9-11H,7-8H2,(H,20,22)(H,21,23). The second-order valence-corrected chi connectivity index (χ2v) is 6.49. The molecule has 0 radical (unpaired) electrons. The fourth-order valence-electron chi connectivity index (χ4n) is 2.57. The van der Waals surface area contributed by atoms with Gasteiger partial charge in [-0.3, -0.25) is 10.2 Å². The number of aromatic nitrogens is 4. The van der Waals surface area contributed by atoms with Crippen LogP contribution in [0, 0.1) is 5.82 Å². The zero-order valence-electron chi connectivity index (χ0n) is 12.8. The monoisotopic (exact) mass is 338 g/mol. The summed E-state index contributed by atoms with van der Waals surface area (Å²) in [6, 6.07) is 14.5. The van der Waals surface area contributed by atoms with Crippen molar-refractivity contribution in [2.24, 2.45) is 0 Å². The van der Waals surface area contributed by atoms with Crippen molar-refractivity contribution in [2.75, 3.05) is 0 Å². The van der Waals surface area contributed by atoms with Crippen LogP contribution in [0.3, 0.4) is 0 Å². The fourth-order valence-corrected chi connectivity index (χ4v) is 3.25. The summed E-state index contributed by atoms with van der Waals surface area (Å²) in [6.07, 6.45) is 1.68. The van der Waals surface area contributed by atoms with Gasteiger partial charge >= 0.3 is 0 Å². The van der Waals surface area contributed by atoms with E-state index in [9.17, 15) is 4.39 Å². The molecule has 0 aliphatic carbocycles. The van der Waals surface area contributed by atoms with Crippen LogP contribution in [0.25, 0.3) is 21.8 Å². The molecule has 0 aliphatic rings. The van der Waals surface area contributed by atoms with E-state index in [-0.39, 0.29) is 5.82 Å². The average molecular weight is 338 g/mol. The van der Waals surface area contributed by atoms with Gasteiger partial charge in [0.25, 0.3) is 0 Å². The van der Waals surface area contributed by atoms with Gasteiger partial charge in [-0.25, -0.2) is 4.39 Å². The van der Waals surface area contributed by atoms with Gasteiger partial charge in [0, 0.05) is 17.0 Å². The van der Waals surface area contributed by atoms with Gasteiger partial charge in [0.2, 0.25) is 0 Å². The van der Waals surface area contributed by atoms with E-state index >= 15 is 0 Å². The number of nitrogens with one attached hydrogen (secondary N) is 2. The number of aromatic amines is 2. The molecule has 0 saturated carbocycles. The van der Waals surface area contributed by atoms with Gasteiger partial charge in [-0.05, 0) is 60.7 Å². The quantitative estimate of drug-likeness (QED) is 0.565. The summed E-state index contributed by atoms with van der Waals surface area (Å²) < 4.78 is 13.0. The van der Waals surface area contributed by atoms with Crippen molar-refractivity contribution in [3.05, 3.63) is 71.1 Å². The van der Waals surface area contributed by atoms with E-state index in [1.54, 1.807) is 23.5 Å². The van der Waals surface area contributed by atoms with Gasteiger partial charge in [-0.15, -0.1) is 11.3 Å². The van der Waals surface area contributed by atoms with Gasteiger partial charge in [-0.2, -0.15) is 10.2 Å². The molecule has 1 aromatic carbocycles. The molecule has 0 aliphatic heterocycles. The Hall–Kier alpha value is -2.73. The van der Waals surface area contributed by atoms with E-state index in [4.69, 9.17) is 0 Å². The van der Waals surface area contributed by atoms with Crippen LogP contribution in [0.4, 0.5) is 4.39 Å². The van der Waals surface area contributed by atoms with Crippen LogP contribution in [-0.4, -0.2) is 20.4 Å². The molecule has 0 spiro atoms. The summed E-state index contributed by atoms with van der Waals surface area (Å²) >= 11 is 1.68. The summed E-state index contributed by atoms with van der Waals surface area (Å²) in [4.78, 5) is 1.16. The van der Waals surface area contributed by atoms with Crippen LogP contribution in [0.1, 0.15) is 11.4 Å². The second-order valence-electron chi connectivity index (χ2n) is 5.54. The van der Waals surface area contributed by atoms with Crippen LogP contribution in [0.2, 0.25) is 0 Å². The molecule has 0 saturated heterocycles. The van der Waals surface area contributed by atoms with E-state index in [1.165, 1.54) is 12.1 Å². The fraction of sp³-hybridized carbons (Fsp3) is 0.111. The minimum atomic E-state index is -0.240. The Morgan fingerprint density at radius 1 is 0.875 bits per heavy atom. The van der Waals surface area contributed by atoms with Gasteiger partial charge in [0.05, 0.1) is 10.6 Å². The number of hydrogen-bond donors (Lipinski definition) is 2. The van der Waals surface area contributed by atoms with Crippen molar-refractivity contribution in [2.45, 2.75) is 12.8 Å². The summed E-state index contributed by atoms with van der Waals surface area (Å²) in [7, 11) is 0. The molecule has 4 rings (SSSR count). The average Bonchev–Trinajstić information content (AvgIpc) is 3.34. The molecule has 4 aromatic rings. The van der Waals surface area contributed by atoms with Crippen molar-refractivity contribution in [3.63, 3.8) is 0 Å². The molecular formula is C18H15FN4S. The molecule has 0 atom stereocenters. The molecule has 4 nitrogen and oxygen atoms in total. The summed E-state index contributed by atoms with van der Waals surface area (Å²) in [5, 5.41) is 16.8. The van der Waals surface area contributed by atoms with Gasteiger partial charge in [0.15, 0.2) is 0 Å². The SMILES string of the molecule is Fc1ccc(-c2cc(CCc3cc(-c4cccs4)n[nH]3)[nH]n2)cc1. The Bertz CT molecular complexity index is 922. The van der Waals surface area contributed by atoms with Crippen molar-refractivity contribution < 1.29 is 4.39 Å². The van der Waals surface area contributed by atoms with Gasteiger partial charge in [-0.1, -0.05) is 6.07 Å². The maximum absolute atomic E-state index is 13.0. The lowest BCUT2D eigenvalue weighted by molar-refractivity contribution is 0.628. The third-order valence-electron chi connectivity index (χ3n) is 3.84. The Morgan fingerprint density at radius 2 is 1.54 bits per heavy atom. The highest BCUT2D eigenvalue weighted by atomic mass is 32.1. The Labute approximate surface area is 142 Å². The number of aryl methyl sites for hydroxylation is 2. The van der Waals surface area contributed by atoms with Crippen molar-refractivity contribution in [1.82, 2.24) is 20.4 Å².